The van der Waals surface area contributed by atoms with Gasteiger partial charge in [-0.3, -0.25) is 4.79 Å². The molecule has 5 rings (SSSR count). The molecule has 1 amide bonds. The lowest BCUT2D eigenvalue weighted by molar-refractivity contribution is -0.144. The first kappa shape index (κ1) is 15.1. The second kappa shape index (κ2) is 5.54. The van der Waals surface area contributed by atoms with Crippen LogP contribution < -0.4 is 5.32 Å². The Morgan fingerprint density at radius 1 is 1.23 bits per heavy atom. The van der Waals surface area contributed by atoms with Crippen LogP contribution in [0.25, 0.3) is 0 Å². The third-order valence-electron chi connectivity index (χ3n) is 6.59. The van der Waals surface area contributed by atoms with Crippen molar-refractivity contribution in [3.8, 4) is 0 Å². The standard InChI is InChI=1S/C19H28ClNO/c20-19-11-15-8-16(12-19)10-18(9-15,13-19)17(22)21-7-6-14-4-2-1-3-5-14/h4,15-16H,1-3,5-13H2,(H,21,22). The molecule has 0 radical (unpaired) electrons. The first-order chi connectivity index (χ1) is 10.6. The molecule has 122 valence electrons. The van der Waals surface area contributed by atoms with Crippen LogP contribution in [0.1, 0.15) is 70.6 Å². The summed E-state index contributed by atoms with van der Waals surface area (Å²) in [5.74, 6) is 1.71. The molecule has 0 aliphatic heterocycles. The molecule has 2 nitrogen and oxygen atoms in total. The predicted molar refractivity (Wildman–Crippen MR) is 89.9 cm³/mol. The van der Waals surface area contributed by atoms with E-state index in [1.165, 1.54) is 32.1 Å². The highest BCUT2D eigenvalue weighted by Crippen LogP contribution is 2.63. The van der Waals surface area contributed by atoms with Crippen LogP contribution >= 0.6 is 11.6 Å². The lowest BCUT2D eigenvalue weighted by atomic mass is 9.49. The number of carbonyl (C=O) groups is 1. The minimum atomic E-state index is -0.132. The second-order valence-corrected chi connectivity index (χ2v) is 9.31. The fourth-order valence-electron chi connectivity index (χ4n) is 6.07. The number of alkyl halides is 1. The van der Waals surface area contributed by atoms with Gasteiger partial charge in [0.2, 0.25) is 5.91 Å². The van der Waals surface area contributed by atoms with E-state index in [9.17, 15) is 4.79 Å². The van der Waals surface area contributed by atoms with Crippen molar-refractivity contribution in [3.63, 3.8) is 0 Å². The lowest BCUT2D eigenvalue weighted by Crippen LogP contribution is -2.58. The van der Waals surface area contributed by atoms with Gasteiger partial charge in [0.1, 0.15) is 0 Å². The van der Waals surface area contributed by atoms with Crippen molar-refractivity contribution in [1.29, 1.82) is 0 Å². The molecule has 0 saturated heterocycles. The van der Waals surface area contributed by atoms with Gasteiger partial charge < -0.3 is 5.32 Å². The SMILES string of the molecule is O=C(NCCC1=CCCCC1)C12CC3CC(CC(Cl)(C3)C1)C2. The molecule has 1 N–H and O–H groups in total. The van der Waals surface area contributed by atoms with Crippen molar-refractivity contribution in [1.82, 2.24) is 5.32 Å². The van der Waals surface area contributed by atoms with Gasteiger partial charge in [-0.15, -0.1) is 11.6 Å². The maximum Gasteiger partial charge on any atom is 0.226 e. The first-order valence-corrected chi connectivity index (χ1v) is 9.60. The molecule has 0 aromatic heterocycles. The quantitative estimate of drug-likeness (QED) is 0.596. The largest absolute Gasteiger partial charge is 0.355 e. The van der Waals surface area contributed by atoms with Crippen molar-refractivity contribution in [2.75, 3.05) is 6.54 Å². The van der Waals surface area contributed by atoms with Crippen molar-refractivity contribution < 1.29 is 4.79 Å². The normalized spacial score (nSPS) is 43.0. The summed E-state index contributed by atoms with van der Waals surface area (Å²) in [6, 6.07) is 0. The van der Waals surface area contributed by atoms with Gasteiger partial charge in [0.25, 0.3) is 0 Å². The van der Waals surface area contributed by atoms with E-state index in [4.69, 9.17) is 11.6 Å². The summed E-state index contributed by atoms with van der Waals surface area (Å²) >= 11 is 6.83. The molecule has 2 atom stereocenters. The summed E-state index contributed by atoms with van der Waals surface area (Å²) in [6.07, 6.45) is 15.2. The predicted octanol–water partition coefficient (Wildman–Crippen LogP) is 4.57. The summed E-state index contributed by atoms with van der Waals surface area (Å²) in [7, 11) is 0. The van der Waals surface area contributed by atoms with Crippen molar-refractivity contribution >= 4 is 17.5 Å². The van der Waals surface area contributed by atoms with Crippen LogP contribution in [0.15, 0.2) is 11.6 Å². The number of rotatable bonds is 4. The zero-order valence-corrected chi connectivity index (χ0v) is 14.3. The van der Waals surface area contributed by atoms with Crippen molar-refractivity contribution in [2.24, 2.45) is 17.3 Å². The number of allylic oxidation sites excluding steroid dienone is 1. The summed E-state index contributed by atoms with van der Waals surface area (Å²) < 4.78 is 0. The zero-order valence-electron chi connectivity index (χ0n) is 13.5. The van der Waals surface area contributed by atoms with Crippen LogP contribution in [0.4, 0.5) is 0 Å². The fraction of sp³-hybridized carbons (Fsp3) is 0.842. The van der Waals surface area contributed by atoms with E-state index in [0.717, 1.165) is 45.1 Å². The van der Waals surface area contributed by atoms with E-state index in [1.807, 2.05) is 0 Å². The molecular weight excluding hydrogens is 294 g/mol. The second-order valence-electron chi connectivity index (χ2n) is 8.51. The van der Waals surface area contributed by atoms with Gasteiger partial charge in [0.05, 0.1) is 5.41 Å². The molecule has 0 spiro atoms. The highest BCUT2D eigenvalue weighted by atomic mass is 35.5. The van der Waals surface area contributed by atoms with Gasteiger partial charge >= 0.3 is 0 Å². The Hall–Kier alpha value is -0.500. The summed E-state index contributed by atoms with van der Waals surface area (Å²) in [5.41, 5.74) is 1.41. The molecule has 0 aromatic rings. The molecule has 0 heterocycles. The Balaban J connectivity index is 1.37. The average Bonchev–Trinajstić information content (AvgIpc) is 2.45. The Morgan fingerprint density at radius 2 is 2.00 bits per heavy atom. The fourth-order valence-corrected chi connectivity index (χ4v) is 6.76. The van der Waals surface area contributed by atoms with Crippen LogP contribution in [0.2, 0.25) is 0 Å². The molecular formula is C19H28ClNO. The van der Waals surface area contributed by atoms with Gasteiger partial charge in [-0.2, -0.15) is 0 Å². The summed E-state index contributed by atoms with van der Waals surface area (Å²) in [4.78, 5) is 12.8. The van der Waals surface area contributed by atoms with Gasteiger partial charge in [0, 0.05) is 11.4 Å². The van der Waals surface area contributed by atoms with Crippen molar-refractivity contribution in [2.45, 2.75) is 75.5 Å². The third-order valence-corrected chi connectivity index (χ3v) is 7.03. The molecule has 5 aliphatic carbocycles. The maximum absolute atomic E-state index is 12.9. The zero-order chi connectivity index (χ0) is 15.2. The Kier molecular flexibility index (Phi) is 3.79. The minimum Gasteiger partial charge on any atom is -0.355 e. The highest BCUT2D eigenvalue weighted by molar-refractivity contribution is 6.24. The molecule has 4 fully saturated rings. The van der Waals surface area contributed by atoms with Crippen LogP contribution in [0, 0.1) is 17.3 Å². The maximum atomic E-state index is 12.9. The van der Waals surface area contributed by atoms with Crippen LogP contribution in [0.3, 0.4) is 0 Å². The molecule has 4 bridgehead atoms. The Labute approximate surface area is 139 Å². The Bertz CT molecular complexity index is 484. The molecule has 22 heavy (non-hydrogen) atoms. The van der Waals surface area contributed by atoms with Gasteiger partial charge in [0.15, 0.2) is 0 Å². The number of hydrogen-bond acceptors (Lipinski definition) is 1. The topological polar surface area (TPSA) is 29.1 Å². The molecule has 3 heteroatoms. The van der Waals surface area contributed by atoms with Crippen LogP contribution in [-0.2, 0) is 4.79 Å². The van der Waals surface area contributed by atoms with Gasteiger partial charge in [-0.25, -0.2) is 0 Å². The number of amides is 1. The van der Waals surface area contributed by atoms with Gasteiger partial charge in [-0.1, -0.05) is 11.6 Å². The summed E-state index contributed by atoms with van der Waals surface area (Å²) in [5, 5.41) is 3.27. The van der Waals surface area contributed by atoms with Crippen LogP contribution in [-0.4, -0.2) is 17.3 Å². The van der Waals surface area contributed by atoms with Gasteiger partial charge in [-0.05, 0) is 82.5 Å². The average molecular weight is 322 g/mol. The highest BCUT2D eigenvalue weighted by Gasteiger charge is 2.59. The molecule has 5 aliphatic rings. The molecule has 2 unspecified atom stereocenters. The lowest BCUT2D eigenvalue weighted by Gasteiger charge is -2.59. The van der Waals surface area contributed by atoms with Crippen molar-refractivity contribution in [3.05, 3.63) is 11.6 Å². The number of nitrogens with one attached hydrogen (secondary N) is 1. The molecule has 0 aromatic carbocycles. The summed E-state index contributed by atoms with van der Waals surface area (Å²) in [6.45, 7) is 0.817. The number of carbonyl (C=O) groups excluding carboxylic acids is 1. The smallest absolute Gasteiger partial charge is 0.226 e. The Morgan fingerprint density at radius 3 is 2.64 bits per heavy atom. The van der Waals surface area contributed by atoms with E-state index < -0.39 is 0 Å². The van der Waals surface area contributed by atoms with Crippen LogP contribution in [0.5, 0.6) is 0 Å². The number of halogens is 1. The minimum absolute atomic E-state index is 0.0622. The number of hydrogen-bond donors (Lipinski definition) is 1. The van der Waals surface area contributed by atoms with E-state index in [0.29, 0.717) is 17.7 Å². The third kappa shape index (κ3) is 2.72. The van der Waals surface area contributed by atoms with E-state index >= 15 is 0 Å². The van der Waals surface area contributed by atoms with E-state index in [2.05, 4.69) is 11.4 Å². The van der Waals surface area contributed by atoms with E-state index in [1.54, 1.807) is 5.57 Å². The first-order valence-electron chi connectivity index (χ1n) is 9.22. The monoisotopic (exact) mass is 321 g/mol. The molecule has 4 saturated carbocycles. The van der Waals surface area contributed by atoms with E-state index in [-0.39, 0.29) is 10.3 Å².